The molecule has 0 amide bonds. The summed E-state index contributed by atoms with van der Waals surface area (Å²) in [6, 6.07) is 16.0. The minimum atomic E-state index is -3.62. The minimum absolute atomic E-state index is 0.295. The highest BCUT2D eigenvalue weighted by Crippen LogP contribution is 2.61. The standard InChI is InChI=1S/C24H30NO7P/c1-23(2)27-14-18(29-23)19-20-21(31-24(3,4)30-20)22(28-16-12-10-15(25)11-13-16)33(26,32-19)17-8-6-5-7-9-17/h5-13,18-22H,14,25H2,1-4H3/t18-,19-,20+,21+,22-,33+/m1/s1. The zero-order valence-corrected chi connectivity index (χ0v) is 20.1. The van der Waals surface area contributed by atoms with Gasteiger partial charge in [-0.15, -0.1) is 0 Å². The van der Waals surface area contributed by atoms with Crippen molar-refractivity contribution in [2.45, 2.75) is 69.5 Å². The number of fused-ring (bicyclic) bond motifs is 1. The summed E-state index contributed by atoms with van der Waals surface area (Å²) >= 11 is 0. The molecule has 2 N–H and O–H groups in total. The quantitative estimate of drug-likeness (QED) is 0.529. The first-order chi connectivity index (χ1) is 15.6. The average Bonchev–Trinajstić information content (AvgIpc) is 3.30. The monoisotopic (exact) mass is 475 g/mol. The maximum absolute atomic E-state index is 14.7. The Kier molecular flexibility index (Phi) is 5.59. The van der Waals surface area contributed by atoms with Crippen LogP contribution in [0.4, 0.5) is 5.69 Å². The van der Waals surface area contributed by atoms with Gasteiger partial charge in [0.15, 0.2) is 11.6 Å². The zero-order valence-electron chi connectivity index (χ0n) is 19.2. The molecule has 0 aliphatic carbocycles. The smallest absolute Gasteiger partial charge is 0.274 e. The van der Waals surface area contributed by atoms with Crippen molar-refractivity contribution in [2.24, 2.45) is 0 Å². The van der Waals surface area contributed by atoms with Crippen LogP contribution in [0.25, 0.3) is 0 Å². The highest BCUT2D eigenvalue weighted by atomic mass is 31.2. The van der Waals surface area contributed by atoms with Crippen LogP contribution in [-0.4, -0.2) is 48.4 Å². The predicted molar refractivity (Wildman–Crippen MR) is 123 cm³/mol. The van der Waals surface area contributed by atoms with Gasteiger partial charge in [0, 0.05) is 11.0 Å². The predicted octanol–water partition coefficient (Wildman–Crippen LogP) is 3.65. The Bertz CT molecular complexity index is 1040. The molecule has 6 atom stereocenters. The number of nitrogens with two attached hydrogens (primary N) is 1. The van der Waals surface area contributed by atoms with E-state index in [2.05, 4.69) is 0 Å². The molecule has 178 valence electrons. The second-order valence-electron chi connectivity index (χ2n) is 9.51. The first-order valence-corrected chi connectivity index (χ1v) is 12.8. The highest BCUT2D eigenvalue weighted by Gasteiger charge is 2.64. The molecule has 3 aliphatic heterocycles. The molecule has 3 aliphatic rings. The fourth-order valence-corrected chi connectivity index (χ4v) is 7.23. The first kappa shape index (κ1) is 22.8. The summed E-state index contributed by atoms with van der Waals surface area (Å²) in [5, 5.41) is 0.542. The van der Waals surface area contributed by atoms with Gasteiger partial charge in [-0.05, 0) is 64.1 Å². The zero-order chi connectivity index (χ0) is 23.4. The molecule has 2 aromatic rings. The Labute approximate surface area is 193 Å². The lowest BCUT2D eigenvalue weighted by molar-refractivity contribution is -0.174. The molecule has 33 heavy (non-hydrogen) atoms. The Balaban J connectivity index is 1.57. The maximum atomic E-state index is 14.7. The van der Waals surface area contributed by atoms with E-state index in [1.165, 1.54) is 0 Å². The number of nitrogen functional groups attached to an aromatic ring is 1. The molecule has 3 heterocycles. The molecule has 9 heteroatoms. The summed E-state index contributed by atoms with van der Waals surface area (Å²) < 4.78 is 51.9. The molecule has 8 nitrogen and oxygen atoms in total. The lowest BCUT2D eigenvalue weighted by atomic mass is 10.0. The van der Waals surface area contributed by atoms with Crippen LogP contribution in [0.5, 0.6) is 5.75 Å². The van der Waals surface area contributed by atoms with Gasteiger partial charge in [0.1, 0.15) is 30.2 Å². The molecule has 3 saturated heterocycles. The van der Waals surface area contributed by atoms with E-state index < -0.39 is 49.2 Å². The van der Waals surface area contributed by atoms with Crippen LogP contribution < -0.4 is 15.8 Å². The van der Waals surface area contributed by atoms with E-state index in [0.717, 1.165) is 0 Å². The molecule has 3 fully saturated rings. The van der Waals surface area contributed by atoms with Gasteiger partial charge in [0.2, 0.25) is 5.85 Å². The molecule has 0 aromatic heterocycles. The van der Waals surface area contributed by atoms with Crippen molar-refractivity contribution in [3.05, 3.63) is 54.6 Å². The topological polar surface area (TPSA) is 98.5 Å². The fourth-order valence-electron chi connectivity index (χ4n) is 4.61. The van der Waals surface area contributed by atoms with Gasteiger partial charge in [-0.1, -0.05) is 18.2 Å². The van der Waals surface area contributed by atoms with Crippen LogP contribution in [0.15, 0.2) is 54.6 Å². The van der Waals surface area contributed by atoms with Crippen LogP contribution in [0.2, 0.25) is 0 Å². The normalized spacial score (nSPS) is 36.9. The van der Waals surface area contributed by atoms with Crippen molar-refractivity contribution in [2.75, 3.05) is 12.3 Å². The lowest BCUT2D eigenvalue weighted by Crippen LogP contribution is -2.56. The molecule has 0 spiro atoms. The Morgan fingerprint density at radius 1 is 0.879 bits per heavy atom. The van der Waals surface area contributed by atoms with Gasteiger partial charge < -0.3 is 33.9 Å². The molecule has 5 rings (SSSR count). The third-order valence-corrected chi connectivity index (χ3v) is 8.68. The number of anilines is 1. The van der Waals surface area contributed by atoms with E-state index >= 15 is 0 Å². The van der Waals surface area contributed by atoms with Crippen LogP contribution in [0, 0.1) is 0 Å². The largest absolute Gasteiger partial charge is 0.477 e. The molecule has 0 bridgehead atoms. The summed E-state index contributed by atoms with van der Waals surface area (Å²) in [5.41, 5.74) is 6.44. The van der Waals surface area contributed by atoms with E-state index in [-0.39, 0.29) is 0 Å². The van der Waals surface area contributed by atoms with E-state index in [9.17, 15) is 4.57 Å². The highest BCUT2D eigenvalue weighted by molar-refractivity contribution is 7.67. The number of hydrogen-bond acceptors (Lipinski definition) is 8. The molecular formula is C24H30NO7P. The minimum Gasteiger partial charge on any atom is -0.477 e. The molecule has 0 radical (unpaired) electrons. The Hall–Kier alpha value is -1.93. The van der Waals surface area contributed by atoms with Gasteiger partial charge in [-0.2, -0.15) is 0 Å². The van der Waals surface area contributed by atoms with Gasteiger partial charge in [0.25, 0.3) is 7.37 Å². The van der Waals surface area contributed by atoms with Crippen molar-refractivity contribution >= 4 is 18.4 Å². The second-order valence-corrected chi connectivity index (χ2v) is 11.9. The van der Waals surface area contributed by atoms with Crippen molar-refractivity contribution in [3.63, 3.8) is 0 Å². The molecule has 0 unspecified atom stereocenters. The van der Waals surface area contributed by atoms with E-state index in [1.807, 2.05) is 45.9 Å². The molecular weight excluding hydrogens is 445 g/mol. The van der Waals surface area contributed by atoms with E-state index in [4.69, 9.17) is 33.9 Å². The van der Waals surface area contributed by atoms with Crippen molar-refractivity contribution < 1.29 is 32.8 Å². The average molecular weight is 475 g/mol. The maximum Gasteiger partial charge on any atom is 0.274 e. The lowest BCUT2D eigenvalue weighted by Gasteiger charge is -2.43. The van der Waals surface area contributed by atoms with Gasteiger partial charge in [0.05, 0.1) is 6.61 Å². The van der Waals surface area contributed by atoms with Crippen molar-refractivity contribution in [1.82, 2.24) is 0 Å². The third-order valence-electron chi connectivity index (χ3n) is 6.03. The summed E-state index contributed by atoms with van der Waals surface area (Å²) in [6.07, 6.45) is -2.36. The van der Waals surface area contributed by atoms with Crippen molar-refractivity contribution in [3.8, 4) is 5.75 Å². The van der Waals surface area contributed by atoms with E-state index in [1.54, 1.807) is 36.4 Å². The van der Waals surface area contributed by atoms with Gasteiger partial charge in [-0.25, -0.2) is 0 Å². The Morgan fingerprint density at radius 3 is 2.18 bits per heavy atom. The number of rotatable bonds is 4. The molecule has 0 saturated carbocycles. The van der Waals surface area contributed by atoms with Gasteiger partial charge >= 0.3 is 0 Å². The fraction of sp³-hybridized carbons (Fsp3) is 0.500. The summed E-state index contributed by atoms with van der Waals surface area (Å²) in [4.78, 5) is 0. The van der Waals surface area contributed by atoms with Crippen LogP contribution >= 0.6 is 7.37 Å². The Morgan fingerprint density at radius 2 is 1.55 bits per heavy atom. The third kappa shape index (κ3) is 4.32. The summed E-state index contributed by atoms with van der Waals surface area (Å²) in [6.45, 7) is 7.63. The first-order valence-electron chi connectivity index (χ1n) is 11.1. The number of ether oxygens (including phenoxy) is 5. The van der Waals surface area contributed by atoms with Crippen LogP contribution in [0.1, 0.15) is 27.7 Å². The molecule has 2 aromatic carbocycles. The second kappa shape index (κ2) is 8.08. The summed E-state index contributed by atoms with van der Waals surface area (Å²) in [7, 11) is -3.62. The van der Waals surface area contributed by atoms with Crippen LogP contribution in [-0.2, 0) is 28.0 Å². The van der Waals surface area contributed by atoms with E-state index in [0.29, 0.717) is 23.3 Å². The summed E-state index contributed by atoms with van der Waals surface area (Å²) in [5.74, 6) is -2.10. The van der Waals surface area contributed by atoms with Crippen molar-refractivity contribution in [1.29, 1.82) is 0 Å². The van der Waals surface area contributed by atoms with Gasteiger partial charge in [-0.3, -0.25) is 4.57 Å². The van der Waals surface area contributed by atoms with Crippen LogP contribution in [0.3, 0.4) is 0 Å². The number of benzene rings is 2. The SMILES string of the molecule is CC1(C)O[C@H]2[C@@H]([C@H]3COC(C)(C)O3)O[P@@](=O)(c3ccccc3)[C@@H](Oc3ccc(N)cc3)[C@H]2O1. The number of hydrogen-bond donors (Lipinski definition) is 1.